The molecule has 0 aliphatic carbocycles. The molecule has 3 aliphatic rings. The van der Waals surface area contributed by atoms with E-state index in [1.165, 1.54) is 70.4 Å². The van der Waals surface area contributed by atoms with Crippen LogP contribution in [0.2, 0.25) is 0 Å². The molecule has 9 N–H and O–H groups in total. The van der Waals surface area contributed by atoms with Gasteiger partial charge >= 0.3 is 29.8 Å². The number of rotatable bonds is 22. The Bertz CT molecular complexity index is 1770. The minimum Gasteiger partial charge on any atom is -0.480 e. The molecule has 3 aliphatic heterocycles. The summed E-state index contributed by atoms with van der Waals surface area (Å²) in [5.74, 6) is -5.73. The van der Waals surface area contributed by atoms with Crippen molar-refractivity contribution in [3.8, 4) is 0 Å². The normalized spacial score (nSPS) is 29.2. The van der Waals surface area contributed by atoms with Gasteiger partial charge in [0.15, 0.2) is 18.6 Å². The molecule has 0 saturated carbocycles. The molecule has 1 aromatic rings. The minimum absolute atomic E-state index is 0.0458. The monoisotopic (exact) mass is 927 g/mol. The summed E-state index contributed by atoms with van der Waals surface area (Å²) < 4.78 is 56.0. The van der Waals surface area contributed by atoms with Crippen molar-refractivity contribution in [2.75, 3.05) is 27.2 Å². The van der Waals surface area contributed by atoms with Gasteiger partial charge in [0, 0.05) is 38.8 Å². The first-order valence-corrected chi connectivity index (χ1v) is 21.6. The first-order chi connectivity index (χ1) is 30.2. The number of halogens is 3. The quantitative estimate of drug-likeness (QED) is 0.0569. The Balaban J connectivity index is 0.00000143. The van der Waals surface area contributed by atoms with Crippen LogP contribution in [-0.2, 0) is 38.1 Å². The molecule has 12 atom stereocenters. The summed E-state index contributed by atoms with van der Waals surface area (Å²) >= 11 is 0. The smallest absolute Gasteiger partial charge is 0.480 e. The van der Waals surface area contributed by atoms with Crippen molar-refractivity contribution in [1.82, 2.24) is 19.4 Å². The number of aromatic amines is 1. The summed E-state index contributed by atoms with van der Waals surface area (Å²) in [6.45, 7) is 1.67. The summed E-state index contributed by atoms with van der Waals surface area (Å²) in [6, 6.07) is -2.21. The predicted molar refractivity (Wildman–Crippen MR) is 216 cm³/mol. The van der Waals surface area contributed by atoms with Crippen LogP contribution in [0.5, 0.6) is 0 Å². The van der Waals surface area contributed by atoms with Gasteiger partial charge in [-0.2, -0.15) is 13.2 Å². The van der Waals surface area contributed by atoms with Crippen LogP contribution in [0.1, 0.15) is 103 Å². The number of carboxylic acids is 2. The van der Waals surface area contributed by atoms with Crippen LogP contribution in [0.15, 0.2) is 21.9 Å². The van der Waals surface area contributed by atoms with E-state index in [1.807, 2.05) is 4.98 Å². The topological polar surface area (TPSA) is 314 Å². The van der Waals surface area contributed by atoms with Gasteiger partial charge in [0.1, 0.15) is 54.9 Å². The number of aliphatic hydroxyl groups excluding tert-OH is 4. The largest absolute Gasteiger partial charge is 0.490 e. The number of likely N-dealkylation sites (N-methyl/N-ethyl adjacent to an activating group) is 2. The van der Waals surface area contributed by atoms with Crippen molar-refractivity contribution in [1.29, 1.82) is 0 Å². The number of nitrogens with zero attached hydrogens (tertiary/aromatic N) is 3. The number of carboxylic acid groups (broad SMARTS) is 2. The van der Waals surface area contributed by atoms with Crippen LogP contribution >= 0.6 is 0 Å². The van der Waals surface area contributed by atoms with Crippen LogP contribution in [0.4, 0.5) is 13.2 Å². The van der Waals surface area contributed by atoms with Gasteiger partial charge in [-0.15, -0.1) is 0 Å². The molecule has 0 radical (unpaired) electrons. The molecule has 0 unspecified atom stereocenters. The fraction of sp³-hybridized carbons (Fsp3) is 0.800. The van der Waals surface area contributed by atoms with Gasteiger partial charge in [0.2, 0.25) is 5.91 Å². The molecule has 1 aromatic heterocycles. The van der Waals surface area contributed by atoms with E-state index in [9.17, 15) is 62.7 Å². The zero-order valence-corrected chi connectivity index (χ0v) is 36.2. The Morgan fingerprint density at radius 1 is 0.859 bits per heavy atom. The van der Waals surface area contributed by atoms with Crippen LogP contribution in [-0.4, -0.2) is 174 Å². The fourth-order valence-electron chi connectivity index (χ4n) is 7.94. The molecule has 0 spiro atoms. The number of H-pyrrole nitrogens is 1. The molecule has 3 saturated heterocycles. The highest BCUT2D eigenvalue weighted by Crippen LogP contribution is 2.36. The van der Waals surface area contributed by atoms with Crippen LogP contribution in [0.3, 0.4) is 0 Å². The number of aromatic nitrogens is 2. The van der Waals surface area contributed by atoms with Crippen molar-refractivity contribution in [3.63, 3.8) is 0 Å². The Morgan fingerprint density at radius 3 is 1.89 bits per heavy atom. The zero-order chi connectivity index (χ0) is 47.9. The number of amides is 1. The molecule has 366 valence electrons. The molecule has 4 rings (SSSR count). The Kier molecular flexibility index (Phi) is 21.7. The number of aliphatic carboxylic acids is 2. The molecule has 0 bridgehead atoms. The van der Waals surface area contributed by atoms with E-state index in [4.69, 9.17) is 34.6 Å². The van der Waals surface area contributed by atoms with E-state index in [1.54, 1.807) is 0 Å². The zero-order valence-electron chi connectivity index (χ0n) is 36.2. The molecule has 1 amide bonds. The van der Waals surface area contributed by atoms with Gasteiger partial charge in [0.05, 0.1) is 0 Å². The van der Waals surface area contributed by atoms with Gasteiger partial charge in [-0.05, 0) is 13.5 Å². The van der Waals surface area contributed by atoms with Gasteiger partial charge in [-0.3, -0.25) is 28.8 Å². The van der Waals surface area contributed by atoms with E-state index in [0.717, 1.165) is 47.4 Å². The Hall–Kier alpha value is -4.01. The molecular weight excluding hydrogens is 863 g/mol. The summed E-state index contributed by atoms with van der Waals surface area (Å²) in [7, 11) is 2.63. The van der Waals surface area contributed by atoms with Crippen molar-refractivity contribution in [2.45, 2.75) is 176 Å². The summed E-state index contributed by atoms with van der Waals surface area (Å²) in [4.78, 5) is 77.6. The number of aliphatic hydroxyl groups is 4. The number of nitrogens with two attached hydrogens (primary N) is 1. The molecular formula is C40H64F3N5O16. The highest BCUT2D eigenvalue weighted by Gasteiger charge is 2.57. The highest BCUT2D eigenvalue weighted by atomic mass is 19.4. The number of nitrogens with one attached hydrogen (secondary N) is 1. The van der Waals surface area contributed by atoms with Gasteiger partial charge < -0.3 is 60.2 Å². The van der Waals surface area contributed by atoms with E-state index < -0.39 is 115 Å². The second-order valence-corrected chi connectivity index (χ2v) is 16.3. The third kappa shape index (κ3) is 15.0. The first-order valence-electron chi connectivity index (χ1n) is 21.6. The SMILES string of the molecule is CCCCCCCCCCCCCCCC(=O)O[C@H]1CN(C)[C@@H]([C@H](O[C@@H]2O[C@H](CN)[C@@H](O)[C@H]2O)[C@H]2O[C@@H](n3ccc(=O)[nH]c3=O)[C@H](O)[C@@H]2O)C(=O)N(C)[C@@H]1C(=O)O.O=C(O)C(F)(F)F. The van der Waals surface area contributed by atoms with E-state index in [-0.39, 0.29) is 19.5 Å². The Morgan fingerprint density at radius 2 is 1.41 bits per heavy atom. The summed E-state index contributed by atoms with van der Waals surface area (Å²) in [6.07, 6.45) is -5.35. The number of hydrogen-bond acceptors (Lipinski definition) is 16. The number of ether oxygens (including phenoxy) is 4. The lowest BCUT2D eigenvalue weighted by molar-refractivity contribution is -0.233. The number of carbonyl (C=O) groups excluding carboxylic acids is 2. The maximum atomic E-state index is 14.3. The first kappa shape index (κ1) is 54.3. The van der Waals surface area contributed by atoms with Crippen LogP contribution in [0, 0.1) is 0 Å². The average molecular weight is 928 g/mol. The Labute approximate surface area is 367 Å². The summed E-state index contributed by atoms with van der Waals surface area (Å²) in [5, 5.41) is 61.2. The lowest BCUT2D eigenvalue weighted by atomic mass is 9.97. The van der Waals surface area contributed by atoms with Crippen molar-refractivity contribution in [2.24, 2.45) is 5.73 Å². The third-order valence-corrected chi connectivity index (χ3v) is 11.5. The maximum Gasteiger partial charge on any atom is 0.490 e. The number of carbonyl (C=O) groups is 4. The second-order valence-electron chi connectivity index (χ2n) is 16.3. The van der Waals surface area contributed by atoms with E-state index in [2.05, 4.69) is 6.92 Å². The van der Waals surface area contributed by atoms with Crippen LogP contribution < -0.4 is 17.0 Å². The lowest BCUT2D eigenvalue weighted by Crippen LogP contribution is -2.59. The van der Waals surface area contributed by atoms with Crippen LogP contribution in [0.25, 0.3) is 0 Å². The molecule has 24 heteroatoms. The lowest BCUT2D eigenvalue weighted by Gasteiger charge is -2.38. The van der Waals surface area contributed by atoms with E-state index in [0.29, 0.717) is 6.42 Å². The second kappa shape index (κ2) is 25.6. The number of alkyl halides is 3. The highest BCUT2D eigenvalue weighted by molar-refractivity contribution is 5.88. The van der Waals surface area contributed by atoms with Crippen molar-refractivity contribution >= 4 is 23.8 Å². The molecule has 21 nitrogen and oxygen atoms in total. The number of hydrogen-bond donors (Lipinski definition) is 8. The standard InChI is InChI=1S/C38H63N5O14.C2HF3O2/c1-4-5-6-7-8-9-10-11-12-13-14-15-16-17-25(45)54-23-21-41(2)27(34(50)42(3)26(23)36(51)52)32(57-37-31(49)28(46)22(20-39)55-37)33-29(47)30(48)35(56-33)43-19-18-24(44)40-38(43)53;3-2(4,5)1(6)7/h18-19,22-23,26-33,35,37,46-49H,4-17,20-21,39H2,1-3H3,(H,51,52)(H,40,44,53);(H,6,7)/t22-,23+,26+,27+,28-,29+,30-,31-,32+,33+,35-,37+;/m1./s1. The van der Waals surface area contributed by atoms with Gasteiger partial charge in [0.25, 0.3) is 5.56 Å². The minimum atomic E-state index is -5.08. The molecule has 3 fully saturated rings. The fourth-order valence-corrected chi connectivity index (χ4v) is 7.94. The van der Waals surface area contributed by atoms with Crippen molar-refractivity contribution in [3.05, 3.63) is 33.1 Å². The van der Waals surface area contributed by atoms with E-state index >= 15 is 0 Å². The molecule has 64 heavy (non-hydrogen) atoms. The molecule has 0 aromatic carbocycles. The van der Waals surface area contributed by atoms with Gasteiger partial charge in [-0.1, -0.05) is 84.0 Å². The predicted octanol–water partition coefficient (Wildman–Crippen LogP) is 0.198. The van der Waals surface area contributed by atoms with Gasteiger partial charge in [-0.25, -0.2) is 14.4 Å². The maximum absolute atomic E-state index is 14.3. The number of esters is 1. The third-order valence-electron chi connectivity index (χ3n) is 11.5. The number of unbranched alkanes of at least 4 members (excludes halogenated alkanes) is 12. The summed E-state index contributed by atoms with van der Waals surface area (Å²) in [5.41, 5.74) is 3.98. The molecule has 4 heterocycles. The van der Waals surface area contributed by atoms with Crippen molar-refractivity contribution < 1.29 is 81.9 Å². The average Bonchev–Trinajstić information content (AvgIpc) is 3.63.